The van der Waals surface area contributed by atoms with E-state index in [0.29, 0.717) is 11.3 Å². The quantitative estimate of drug-likeness (QED) is 0.636. The van der Waals surface area contributed by atoms with Crippen LogP contribution in [0.1, 0.15) is 49.4 Å². The van der Waals surface area contributed by atoms with E-state index < -0.39 is 0 Å². The summed E-state index contributed by atoms with van der Waals surface area (Å²) in [5.74, 6) is 0.524. The first-order chi connectivity index (χ1) is 14.1. The van der Waals surface area contributed by atoms with Crippen LogP contribution in [0, 0.1) is 0 Å². The van der Waals surface area contributed by atoms with Crippen LogP contribution in [0.3, 0.4) is 0 Å². The van der Waals surface area contributed by atoms with Gasteiger partial charge in [-0.05, 0) is 56.2 Å². The van der Waals surface area contributed by atoms with Gasteiger partial charge in [-0.1, -0.05) is 31.4 Å². The van der Waals surface area contributed by atoms with Gasteiger partial charge in [-0.3, -0.25) is 9.59 Å². The normalized spacial score (nSPS) is 15.4. The van der Waals surface area contributed by atoms with Gasteiger partial charge in [-0.2, -0.15) is 0 Å². The number of nitrogens with one attached hydrogen (secondary N) is 2. The van der Waals surface area contributed by atoms with Crippen LogP contribution in [0.25, 0.3) is 0 Å². The third-order valence-corrected chi connectivity index (χ3v) is 6.22. The number of amides is 2. The molecule has 0 radical (unpaired) electrons. The van der Waals surface area contributed by atoms with E-state index in [1.807, 2.05) is 43.3 Å². The second kappa shape index (κ2) is 10.3. The second-order valence-corrected chi connectivity index (χ2v) is 8.69. The fraction of sp³-hybridized carbons (Fsp3) is 0.391. The molecule has 1 aliphatic rings. The topological polar surface area (TPSA) is 67.4 Å². The Hall–Kier alpha value is -2.47. The number of para-hydroxylation sites is 1. The molecule has 2 aromatic rings. The highest BCUT2D eigenvalue weighted by Gasteiger charge is 2.21. The molecular formula is C23H28N2O3S. The van der Waals surface area contributed by atoms with Crippen LogP contribution in [0.4, 0.5) is 5.69 Å². The Morgan fingerprint density at radius 3 is 2.41 bits per heavy atom. The van der Waals surface area contributed by atoms with Gasteiger partial charge in [0, 0.05) is 10.9 Å². The molecule has 1 unspecified atom stereocenters. The van der Waals surface area contributed by atoms with Crippen molar-refractivity contribution in [2.45, 2.75) is 55.2 Å². The standard InChI is InChI=1S/C23H28N2O3S/c1-16(29-19-14-12-18(28-2)13-15-19)22(26)25-21-11-7-6-10-20(21)23(27)24-17-8-4-3-5-9-17/h6-7,10-17H,3-5,8-9H2,1-2H3,(H,24,27)(H,25,26). The third-order valence-electron chi connectivity index (χ3n) is 5.11. The highest BCUT2D eigenvalue weighted by Crippen LogP contribution is 2.27. The summed E-state index contributed by atoms with van der Waals surface area (Å²) in [4.78, 5) is 26.5. The Morgan fingerprint density at radius 2 is 1.72 bits per heavy atom. The lowest BCUT2D eigenvalue weighted by Gasteiger charge is -2.23. The van der Waals surface area contributed by atoms with E-state index in [-0.39, 0.29) is 23.1 Å². The summed E-state index contributed by atoms with van der Waals surface area (Å²) in [7, 11) is 1.63. The minimum absolute atomic E-state index is 0.122. The van der Waals surface area contributed by atoms with E-state index in [4.69, 9.17) is 4.74 Å². The maximum absolute atomic E-state index is 12.8. The molecular weight excluding hydrogens is 384 g/mol. The van der Waals surface area contributed by atoms with Crippen molar-refractivity contribution >= 4 is 29.3 Å². The van der Waals surface area contributed by atoms with E-state index in [0.717, 1.165) is 36.3 Å². The Bertz CT molecular complexity index is 832. The predicted molar refractivity (Wildman–Crippen MR) is 118 cm³/mol. The minimum Gasteiger partial charge on any atom is -0.497 e. The molecule has 2 aromatic carbocycles. The number of thioether (sulfide) groups is 1. The fourth-order valence-corrected chi connectivity index (χ4v) is 4.31. The maximum atomic E-state index is 12.8. The molecule has 1 fully saturated rings. The van der Waals surface area contributed by atoms with Gasteiger partial charge in [0.15, 0.2) is 0 Å². The van der Waals surface area contributed by atoms with E-state index in [9.17, 15) is 9.59 Å². The molecule has 2 N–H and O–H groups in total. The number of rotatable bonds is 7. The van der Waals surface area contributed by atoms with E-state index in [2.05, 4.69) is 10.6 Å². The first-order valence-electron chi connectivity index (χ1n) is 10.1. The number of hydrogen-bond acceptors (Lipinski definition) is 4. The molecule has 0 aromatic heterocycles. The monoisotopic (exact) mass is 412 g/mol. The molecule has 2 amide bonds. The van der Waals surface area contributed by atoms with Gasteiger partial charge < -0.3 is 15.4 Å². The Balaban J connectivity index is 1.62. The summed E-state index contributed by atoms with van der Waals surface area (Å²) < 4.78 is 5.16. The summed E-state index contributed by atoms with van der Waals surface area (Å²) in [6.07, 6.45) is 5.60. The summed E-state index contributed by atoms with van der Waals surface area (Å²) in [5.41, 5.74) is 1.06. The lowest BCUT2D eigenvalue weighted by Crippen LogP contribution is -2.36. The van der Waals surface area contributed by atoms with Gasteiger partial charge in [-0.15, -0.1) is 11.8 Å². The zero-order valence-corrected chi connectivity index (χ0v) is 17.8. The molecule has 0 spiro atoms. The number of hydrogen-bond donors (Lipinski definition) is 2. The summed E-state index contributed by atoms with van der Waals surface area (Å²) >= 11 is 1.46. The fourth-order valence-electron chi connectivity index (χ4n) is 3.45. The highest BCUT2D eigenvalue weighted by molar-refractivity contribution is 8.00. The lowest BCUT2D eigenvalue weighted by molar-refractivity contribution is -0.115. The summed E-state index contributed by atoms with van der Waals surface area (Å²) in [5, 5.41) is 5.74. The Kier molecular flexibility index (Phi) is 7.58. The molecule has 6 heteroatoms. The zero-order chi connectivity index (χ0) is 20.6. The third kappa shape index (κ3) is 6.00. The van der Waals surface area contributed by atoms with Crippen LogP contribution in [0.5, 0.6) is 5.75 Å². The number of ether oxygens (including phenoxy) is 1. The first-order valence-corrected chi connectivity index (χ1v) is 11.0. The second-order valence-electron chi connectivity index (χ2n) is 7.28. The molecule has 154 valence electrons. The molecule has 1 atom stereocenters. The maximum Gasteiger partial charge on any atom is 0.253 e. The Labute approximate surface area is 176 Å². The number of methoxy groups -OCH3 is 1. The SMILES string of the molecule is COc1ccc(SC(C)C(=O)Nc2ccccc2C(=O)NC2CCCCC2)cc1. The van der Waals surface area contributed by atoms with E-state index >= 15 is 0 Å². The van der Waals surface area contributed by atoms with Gasteiger partial charge in [0.25, 0.3) is 5.91 Å². The number of anilines is 1. The van der Waals surface area contributed by atoms with Crippen molar-refractivity contribution in [3.8, 4) is 5.75 Å². The van der Waals surface area contributed by atoms with Crippen molar-refractivity contribution in [1.29, 1.82) is 0 Å². The molecule has 3 rings (SSSR count). The lowest BCUT2D eigenvalue weighted by atomic mass is 9.95. The van der Waals surface area contributed by atoms with Gasteiger partial charge in [0.1, 0.15) is 5.75 Å². The van der Waals surface area contributed by atoms with Crippen LogP contribution < -0.4 is 15.4 Å². The summed E-state index contributed by atoms with van der Waals surface area (Å²) in [6.45, 7) is 1.86. The minimum atomic E-state index is -0.308. The van der Waals surface area contributed by atoms with Crippen LogP contribution in [0.2, 0.25) is 0 Å². The molecule has 1 saturated carbocycles. The van der Waals surface area contributed by atoms with Crippen LogP contribution in [0.15, 0.2) is 53.4 Å². The molecule has 5 nitrogen and oxygen atoms in total. The van der Waals surface area contributed by atoms with Crippen molar-refractivity contribution in [2.24, 2.45) is 0 Å². The number of carbonyl (C=O) groups excluding carboxylic acids is 2. The first kappa shape index (κ1) is 21.2. The molecule has 1 aliphatic carbocycles. The van der Waals surface area contributed by atoms with Crippen molar-refractivity contribution in [3.05, 3.63) is 54.1 Å². The number of carbonyl (C=O) groups is 2. The van der Waals surface area contributed by atoms with Crippen LogP contribution in [-0.4, -0.2) is 30.2 Å². The predicted octanol–water partition coefficient (Wildman–Crippen LogP) is 4.88. The highest BCUT2D eigenvalue weighted by atomic mass is 32.2. The smallest absolute Gasteiger partial charge is 0.253 e. The van der Waals surface area contributed by atoms with Gasteiger partial charge in [0.05, 0.1) is 23.6 Å². The zero-order valence-electron chi connectivity index (χ0n) is 16.9. The molecule has 0 aliphatic heterocycles. The Morgan fingerprint density at radius 1 is 1.03 bits per heavy atom. The van der Waals surface area contributed by atoms with E-state index in [1.165, 1.54) is 18.2 Å². The average molecular weight is 413 g/mol. The van der Waals surface area contributed by atoms with E-state index in [1.54, 1.807) is 19.2 Å². The van der Waals surface area contributed by atoms with Crippen molar-refractivity contribution < 1.29 is 14.3 Å². The molecule has 0 bridgehead atoms. The van der Waals surface area contributed by atoms with Gasteiger partial charge >= 0.3 is 0 Å². The van der Waals surface area contributed by atoms with Crippen LogP contribution in [-0.2, 0) is 4.79 Å². The van der Waals surface area contributed by atoms with Gasteiger partial charge in [0.2, 0.25) is 5.91 Å². The van der Waals surface area contributed by atoms with Crippen molar-refractivity contribution in [2.75, 3.05) is 12.4 Å². The molecule has 0 heterocycles. The van der Waals surface area contributed by atoms with Crippen LogP contribution >= 0.6 is 11.8 Å². The largest absolute Gasteiger partial charge is 0.497 e. The molecule has 0 saturated heterocycles. The summed E-state index contributed by atoms with van der Waals surface area (Å²) in [6, 6.07) is 15.0. The van der Waals surface area contributed by atoms with Crippen molar-refractivity contribution in [1.82, 2.24) is 5.32 Å². The molecule has 29 heavy (non-hydrogen) atoms. The van der Waals surface area contributed by atoms with Gasteiger partial charge in [-0.25, -0.2) is 0 Å². The number of benzene rings is 2. The average Bonchev–Trinajstić information content (AvgIpc) is 2.75. The van der Waals surface area contributed by atoms with Crippen molar-refractivity contribution in [3.63, 3.8) is 0 Å².